The molecule has 1 saturated heterocycles. The standard InChI is InChI=1S/C22H35N5/c1-14(2)16-3-5-27(6-4-16)20-25-12-19(13-26-20)22(24)17-7-15-8-18(22)11-21(23,9-15)10-17/h12-18H,3-11,23-24H2,1-2H3. The highest BCUT2D eigenvalue weighted by Crippen LogP contribution is 2.61. The number of hydrogen-bond acceptors (Lipinski definition) is 5. The first-order valence-corrected chi connectivity index (χ1v) is 11.0. The number of aromatic nitrogens is 2. The van der Waals surface area contributed by atoms with Gasteiger partial charge in [0.05, 0.1) is 0 Å². The fourth-order valence-electron chi connectivity index (χ4n) is 7.05. The van der Waals surface area contributed by atoms with E-state index >= 15 is 0 Å². The third-order valence-corrected chi connectivity index (χ3v) is 8.49. The van der Waals surface area contributed by atoms with E-state index in [0.717, 1.165) is 55.2 Å². The van der Waals surface area contributed by atoms with Crippen molar-refractivity contribution in [2.45, 2.75) is 69.9 Å². The lowest BCUT2D eigenvalue weighted by molar-refractivity contribution is -0.0719. The molecule has 0 aromatic carbocycles. The summed E-state index contributed by atoms with van der Waals surface area (Å²) < 4.78 is 0. The van der Waals surface area contributed by atoms with Crippen molar-refractivity contribution in [1.29, 1.82) is 0 Å². The summed E-state index contributed by atoms with van der Waals surface area (Å²) >= 11 is 0. The summed E-state index contributed by atoms with van der Waals surface area (Å²) in [6.45, 7) is 6.81. The normalized spacial score (nSPS) is 41.5. The molecule has 2 heterocycles. The van der Waals surface area contributed by atoms with Crippen LogP contribution in [0.3, 0.4) is 0 Å². The smallest absolute Gasteiger partial charge is 0.225 e. The average Bonchev–Trinajstić information content (AvgIpc) is 2.65. The van der Waals surface area contributed by atoms with Gasteiger partial charge >= 0.3 is 0 Å². The third-order valence-electron chi connectivity index (χ3n) is 8.49. The molecular weight excluding hydrogens is 334 g/mol. The fraction of sp³-hybridized carbons (Fsp3) is 0.818. The Bertz CT molecular complexity index is 675. The van der Waals surface area contributed by atoms with E-state index in [4.69, 9.17) is 21.4 Å². The molecule has 1 aromatic heterocycles. The van der Waals surface area contributed by atoms with E-state index in [2.05, 4.69) is 18.7 Å². The summed E-state index contributed by atoms with van der Waals surface area (Å²) in [5.74, 6) is 4.25. The molecule has 5 fully saturated rings. The van der Waals surface area contributed by atoms with Crippen LogP contribution in [0.5, 0.6) is 0 Å². The Morgan fingerprint density at radius 1 is 1.00 bits per heavy atom. The van der Waals surface area contributed by atoms with E-state index in [1.807, 2.05) is 12.4 Å². The molecule has 4 saturated carbocycles. The van der Waals surface area contributed by atoms with Gasteiger partial charge in [-0.3, -0.25) is 0 Å². The van der Waals surface area contributed by atoms with Crippen LogP contribution in [0, 0.1) is 29.6 Å². The van der Waals surface area contributed by atoms with E-state index in [-0.39, 0.29) is 11.1 Å². The molecule has 1 aromatic rings. The van der Waals surface area contributed by atoms with Gasteiger partial charge in [-0.05, 0) is 74.5 Å². The lowest BCUT2D eigenvalue weighted by Crippen LogP contribution is -2.68. The Morgan fingerprint density at radius 3 is 2.11 bits per heavy atom. The molecule has 4 bridgehead atoms. The van der Waals surface area contributed by atoms with Gasteiger partial charge in [-0.1, -0.05) is 13.8 Å². The van der Waals surface area contributed by atoms with Crippen molar-refractivity contribution in [3.63, 3.8) is 0 Å². The Labute approximate surface area is 163 Å². The molecule has 4 N–H and O–H groups in total. The molecule has 0 radical (unpaired) electrons. The highest BCUT2D eigenvalue weighted by Gasteiger charge is 2.60. The molecule has 5 nitrogen and oxygen atoms in total. The SMILES string of the molecule is CC(C)C1CCN(c2ncc(C3(N)C4CC5CC3CC(N)(C5)C4)cn2)CC1. The van der Waals surface area contributed by atoms with Gasteiger partial charge in [-0.2, -0.15) is 0 Å². The molecule has 4 aliphatic carbocycles. The maximum Gasteiger partial charge on any atom is 0.225 e. The van der Waals surface area contributed by atoms with Gasteiger partial charge in [0.2, 0.25) is 5.95 Å². The van der Waals surface area contributed by atoms with Crippen molar-refractivity contribution in [2.24, 2.45) is 41.1 Å². The number of piperidine rings is 1. The minimum Gasteiger partial charge on any atom is -0.341 e. The van der Waals surface area contributed by atoms with Crippen molar-refractivity contribution in [3.8, 4) is 0 Å². The highest BCUT2D eigenvalue weighted by molar-refractivity contribution is 5.34. The van der Waals surface area contributed by atoms with Crippen LogP contribution in [-0.4, -0.2) is 28.6 Å². The molecular formula is C22H35N5. The van der Waals surface area contributed by atoms with Crippen LogP contribution >= 0.6 is 0 Å². The number of anilines is 1. The molecule has 1 aliphatic heterocycles. The Hall–Kier alpha value is -1.20. The topological polar surface area (TPSA) is 81.1 Å². The largest absolute Gasteiger partial charge is 0.341 e. The summed E-state index contributed by atoms with van der Waals surface area (Å²) in [4.78, 5) is 11.9. The van der Waals surface area contributed by atoms with E-state index in [9.17, 15) is 0 Å². The number of hydrogen-bond donors (Lipinski definition) is 2. The van der Waals surface area contributed by atoms with Crippen LogP contribution in [0.1, 0.15) is 64.4 Å². The molecule has 0 spiro atoms. The lowest BCUT2D eigenvalue weighted by Gasteiger charge is -2.63. The predicted octanol–water partition coefficient (Wildman–Crippen LogP) is 3.04. The van der Waals surface area contributed by atoms with Crippen LogP contribution in [0.25, 0.3) is 0 Å². The van der Waals surface area contributed by atoms with Gasteiger partial charge in [-0.15, -0.1) is 0 Å². The first kappa shape index (κ1) is 17.9. The van der Waals surface area contributed by atoms with Gasteiger partial charge in [0.15, 0.2) is 0 Å². The molecule has 2 atom stereocenters. The van der Waals surface area contributed by atoms with Gasteiger partial charge in [-0.25, -0.2) is 9.97 Å². The molecule has 6 rings (SSSR count). The second-order valence-electron chi connectivity index (χ2n) is 10.5. The van der Waals surface area contributed by atoms with Crippen molar-refractivity contribution in [1.82, 2.24) is 9.97 Å². The molecule has 5 aliphatic rings. The lowest BCUT2D eigenvalue weighted by atomic mass is 9.45. The average molecular weight is 370 g/mol. The molecule has 5 heteroatoms. The fourth-order valence-corrected chi connectivity index (χ4v) is 7.05. The van der Waals surface area contributed by atoms with Crippen LogP contribution in [0.2, 0.25) is 0 Å². The summed E-state index contributed by atoms with van der Waals surface area (Å²) in [5, 5.41) is 0. The molecule has 0 amide bonds. The molecule has 148 valence electrons. The van der Waals surface area contributed by atoms with Crippen LogP contribution in [0.15, 0.2) is 12.4 Å². The van der Waals surface area contributed by atoms with E-state index in [1.165, 1.54) is 32.1 Å². The van der Waals surface area contributed by atoms with Crippen molar-refractivity contribution in [2.75, 3.05) is 18.0 Å². The number of nitrogens with two attached hydrogens (primary N) is 2. The maximum atomic E-state index is 7.10. The van der Waals surface area contributed by atoms with Gasteiger partial charge < -0.3 is 16.4 Å². The van der Waals surface area contributed by atoms with Gasteiger partial charge in [0.1, 0.15) is 0 Å². The summed E-state index contributed by atoms with van der Waals surface area (Å²) in [7, 11) is 0. The second-order valence-corrected chi connectivity index (χ2v) is 10.5. The van der Waals surface area contributed by atoms with E-state index in [0.29, 0.717) is 11.8 Å². The van der Waals surface area contributed by atoms with Crippen molar-refractivity contribution in [3.05, 3.63) is 18.0 Å². The molecule has 27 heavy (non-hydrogen) atoms. The zero-order valence-corrected chi connectivity index (χ0v) is 16.9. The Kier molecular flexibility index (Phi) is 4.07. The first-order valence-electron chi connectivity index (χ1n) is 11.0. The maximum absolute atomic E-state index is 7.10. The second kappa shape index (κ2) is 6.15. The predicted molar refractivity (Wildman–Crippen MR) is 108 cm³/mol. The quantitative estimate of drug-likeness (QED) is 0.856. The van der Waals surface area contributed by atoms with E-state index in [1.54, 1.807) is 0 Å². The summed E-state index contributed by atoms with van der Waals surface area (Å²) in [6, 6.07) is 0. The zero-order chi connectivity index (χ0) is 18.8. The van der Waals surface area contributed by atoms with Crippen LogP contribution in [-0.2, 0) is 5.54 Å². The minimum absolute atomic E-state index is 0.0426. The summed E-state index contributed by atoms with van der Waals surface area (Å²) in [6.07, 6.45) is 12.4. The number of rotatable bonds is 3. The van der Waals surface area contributed by atoms with Gasteiger partial charge in [0.25, 0.3) is 0 Å². The monoisotopic (exact) mass is 369 g/mol. The van der Waals surface area contributed by atoms with E-state index < -0.39 is 0 Å². The zero-order valence-electron chi connectivity index (χ0n) is 16.9. The van der Waals surface area contributed by atoms with Crippen molar-refractivity contribution < 1.29 is 0 Å². The highest BCUT2D eigenvalue weighted by atomic mass is 15.2. The Morgan fingerprint density at radius 2 is 1.59 bits per heavy atom. The third kappa shape index (κ3) is 2.80. The summed E-state index contributed by atoms with van der Waals surface area (Å²) in [5.41, 5.74) is 14.7. The van der Waals surface area contributed by atoms with Crippen LogP contribution in [0.4, 0.5) is 5.95 Å². The molecule has 2 unspecified atom stereocenters. The van der Waals surface area contributed by atoms with Gasteiger partial charge in [0, 0.05) is 42.1 Å². The Balaban J connectivity index is 1.34. The minimum atomic E-state index is -0.275. The van der Waals surface area contributed by atoms with Crippen molar-refractivity contribution >= 4 is 5.95 Å². The van der Waals surface area contributed by atoms with Crippen LogP contribution < -0.4 is 16.4 Å². The number of nitrogens with zero attached hydrogens (tertiary/aromatic N) is 3. The first-order chi connectivity index (χ1) is 12.9.